The van der Waals surface area contributed by atoms with E-state index in [0.29, 0.717) is 6.61 Å². The summed E-state index contributed by atoms with van der Waals surface area (Å²) >= 11 is 5.87. The standard InChI is InChI=1S/C17H20ClNO2/c1-3-21-17-10-14(6-9-16(17)20-2)12-19-11-13-4-7-15(18)8-5-13/h4-10,19H,3,11-12H2,1-2H3. The summed E-state index contributed by atoms with van der Waals surface area (Å²) < 4.78 is 10.9. The highest BCUT2D eigenvalue weighted by Crippen LogP contribution is 2.28. The normalized spacial score (nSPS) is 10.4. The van der Waals surface area contributed by atoms with Crippen LogP contribution in [0.1, 0.15) is 18.1 Å². The van der Waals surface area contributed by atoms with Gasteiger partial charge in [-0.15, -0.1) is 0 Å². The number of nitrogens with one attached hydrogen (secondary N) is 1. The third-order valence-corrected chi connectivity index (χ3v) is 3.35. The fraction of sp³-hybridized carbons (Fsp3) is 0.294. The van der Waals surface area contributed by atoms with Gasteiger partial charge >= 0.3 is 0 Å². The van der Waals surface area contributed by atoms with Gasteiger partial charge in [0.1, 0.15) is 0 Å². The molecule has 21 heavy (non-hydrogen) atoms. The predicted molar refractivity (Wildman–Crippen MR) is 86.2 cm³/mol. The number of ether oxygens (including phenoxy) is 2. The molecule has 0 aliphatic carbocycles. The van der Waals surface area contributed by atoms with Crippen molar-refractivity contribution in [3.8, 4) is 11.5 Å². The van der Waals surface area contributed by atoms with Crippen molar-refractivity contribution < 1.29 is 9.47 Å². The lowest BCUT2D eigenvalue weighted by molar-refractivity contribution is 0.310. The highest BCUT2D eigenvalue weighted by molar-refractivity contribution is 6.30. The van der Waals surface area contributed by atoms with Crippen LogP contribution in [0.2, 0.25) is 5.02 Å². The highest BCUT2D eigenvalue weighted by Gasteiger charge is 2.05. The highest BCUT2D eigenvalue weighted by atomic mass is 35.5. The third-order valence-electron chi connectivity index (χ3n) is 3.10. The van der Waals surface area contributed by atoms with Crippen molar-refractivity contribution in [2.75, 3.05) is 13.7 Å². The minimum Gasteiger partial charge on any atom is -0.493 e. The first kappa shape index (κ1) is 15.7. The molecule has 0 aliphatic rings. The summed E-state index contributed by atoms with van der Waals surface area (Å²) in [5.74, 6) is 1.55. The lowest BCUT2D eigenvalue weighted by atomic mass is 10.2. The number of hydrogen-bond donors (Lipinski definition) is 1. The fourth-order valence-electron chi connectivity index (χ4n) is 2.05. The van der Waals surface area contributed by atoms with Gasteiger partial charge < -0.3 is 14.8 Å². The molecule has 0 amide bonds. The van der Waals surface area contributed by atoms with Crippen LogP contribution in [0.5, 0.6) is 11.5 Å². The molecule has 0 unspecified atom stereocenters. The third kappa shape index (κ3) is 4.66. The molecule has 0 bridgehead atoms. The predicted octanol–water partition coefficient (Wildman–Crippen LogP) is 4.04. The first-order valence-electron chi connectivity index (χ1n) is 6.97. The van der Waals surface area contributed by atoms with Crippen LogP contribution >= 0.6 is 11.6 Å². The average Bonchev–Trinajstić information content (AvgIpc) is 2.50. The number of rotatable bonds is 7. The first-order valence-corrected chi connectivity index (χ1v) is 7.35. The molecule has 0 aromatic heterocycles. The van der Waals surface area contributed by atoms with Crippen LogP contribution in [-0.4, -0.2) is 13.7 Å². The van der Waals surface area contributed by atoms with E-state index in [2.05, 4.69) is 5.32 Å². The smallest absolute Gasteiger partial charge is 0.161 e. The van der Waals surface area contributed by atoms with Crippen molar-refractivity contribution in [2.45, 2.75) is 20.0 Å². The van der Waals surface area contributed by atoms with Crippen molar-refractivity contribution in [3.05, 3.63) is 58.6 Å². The summed E-state index contributed by atoms with van der Waals surface area (Å²) in [6, 6.07) is 13.8. The van der Waals surface area contributed by atoms with Crippen molar-refractivity contribution in [1.82, 2.24) is 5.32 Å². The number of benzene rings is 2. The Labute approximate surface area is 130 Å². The van der Waals surface area contributed by atoms with Crippen molar-refractivity contribution in [3.63, 3.8) is 0 Å². The van der Waals surface area contributed by atoms with E-state index < -0.39 is 0 Å². The second-order valence-electron chi connectivity index (χ2n) is 4.65. The van der Waals surface area contributed by atoms with Gasteiger partial charge in [-0.2, -0.15) is 0 Å². The van der Waals surface area contributed by atoms with Crippen molar-refractivity contribution in [1.29, 1.82) is 0 Å². The maximum atomic E-state index is 5.87. The zero-order valence-electron chi connectivity index (χ0n) is 12.4. The Bertz CT molecular complexity index is 570. The molecule has 2 aromatic rings. The van der Waals surface area contributed by atoms with Gasteiger partial charge in [0.25, 0.3) is 0 Å². The van der Waals surface area contributed by atoms with Gasteiger partial charge in [-0.05, 0) is 42.3 Å². The van der Waals surface area contributed by atoms with Gasteiger partial charge in [0.2, 0.25) is 0 Å². The van der Waals surface area contributed by atoms with Crippen LogP contribution in [0, 0.1) is 0 Å². The molecular weight excluding hydrogens is 286 g/mol. The monoisotopic (exact) mass is 305 g/mol. The molecule has 0 radical (unpaired) electrons. The van der Waals surface area contributed by atoms with Crippen LogP contribution in [0.4, 0.5) is 0 Å². The maximum absolute atomic E-state index is 5.87. The molecule has 0 fully saturated rings. The molecule has 3 nitrogen and oxygen atoms in total. The van der Waals surface area contributed by atoms with Crippen LogP contribution in [0.3, 0.4) is 0 Å². The van der Waals surface area contributed by atoms with E-state index in [9.17, 15) is 0 Å². The summed E-state index contributed by atoms with van der Waals surface area (Å²) in [5, 5.41) is 4.16. The quantitative estimate of drug-likeness (QED) is 0.837. The van der Waals surface area contributed by atoms with Crippen LogP contribution in [-0.2, 0) is 13.1 Å². The average molecular weight is 306 g/mol. The largest absolute Gasteiger partial charge is 0.493 e. The Morgan fingerprint density at radius 3 is 2.29 bits per heavy atom. The van der Waals surface area contributed by atoms with Gasteiger partial charge in [0, 0.05) is 18.1 Å². The van der Waals surface area contributed by atoms with E-state index >= 15 is 0 Å². The molecular formula is C17H20ClNO2. The molecule has 0 aliphatic heterocycles. The zero-order chi connectivity index (χ0) is 15.1. The Morgan fingerprint density at radius 2 is 1.62 bits per heavy atom. The van der Waals surface area contributed by atoms with E-state index in [1.54, 1.807) is 7.11 Å². The minimum atomic E-state index is 0.623. The second kappa shape index (κ2) is 7.91. The molecule has 0 saturated carbocycles. The Morgan fingerprint density at radius 1 is 0.952 bits per heavy atom. The lowest BCUT2D eigenvalue weighted by Gasteiger charge is -2.11. The zero-order valence-corrected chi connectivity index (χ0v) is 13.1. The second-order valence-corrected chi connectivity index (χ2v) is 5.08. The van der Waals surface area contributed by atoms with Crippen LogP contribution < -0.4 is 14.8 Å². The van der Waals surface area contributed by atoms with Gasteiger partial charge in [0.15, 0.2) is 11.5 Å². The first-order chi connectivity index (χ1) is 10.2. The summed E-state index contributed by atoms with van der Waals surface area (Å²) in [6.45, 7) is 4.16. The van der Waals surface area contributed by atoms with E-state index in [4.69, 9.17) is 21.1 Å². The molecule has 0 heterocycles. The van der Waals surface area contributed by atoms with Crippen molar-refractivity contribution >= 4 is 11.6 Å². The van der Waals surface area contributed by atoms with Gasteiger partial charge in [-0.3, -0.25) is 0 Å². The molecule has 1 N–H and O–H groups in total. The summed E-state index contributed by atoms with van der Waals surface area (Å²) in [6.07, 6.45) is 0. The Balaban J connectivity index is 1.93. The topological polar surface area (TPSA) is 30.5 Å². The summed E-state index contributed by atoms with van der Waals surface area (Å²) in [5.41, 5.74) is 2.37. The van der Waals surface area contributed by atoms with Crippen LogP contribution in [0.15, 0.2) is 42.5 Å². The minimum absolute atomic E-state index is 0.623. The summed E-state index contributed by atoms with van der Waals surface area (Å²) in [4.78, 5) is 0. The molecule has 0 atom stereocenters. The molecule has 112 valence electrons. The maximum Gasteiger partial charge on any atom is 0.161 e. The van der Waals surface area contributed by atoms with E-state index in [1.165, 1.54) is 5.56 Å². The molecule has 4 heteroatoms. The summed E-state index contributed by atoms with van der Waals surface area (Å²) in [7, 11) is 1.65. The van der Waals surface area contributed by atoms with Gasteiger partial charge in [-0.25, -0.2) is 0 Å². The Kier molecular flexibility index (Phi) is 5.90. The molecule has 0 saturated heterocycles. The van der Waals surface area contributed by atoms with E-state index in [0.717, 1.165) is 35.2 Å². The molecule has 0 spiro atoms. The van der Waals surface area contributed by atoms with Crippen molar-refractivity contribution in [2.24, 2.45) is 0 Å². The molecule has 2 aromatic carbocycles. The van der Waals surface area contributed by atoms with Crippen LogP contribution in [0.25, 0.3) is 0 Å². The number of methoxy groups -OCH3 is 1. The SMILES string of the molecule is CCOc1cc(CNCc2ccc(Cl)cc2)ccc1OC. The fourth-order valence-corrected chi connectivity index (χ4v) is 2.18. The van der Waals surface area contributed by atoms with Gasteiger partial charge in [-0.1, -0.05) is 29.8 Å². The number of hydrogen-bond acceptors (Lipinski definition) is 3. The molecule has 2 rings (SSSR count). The Hall–Kier alpha value is -1.71. The van der Waals surface area contributed by atoms with Gasteiger partial charge in [0.05, 0.1) is 13.7 Å². The lowest BCUT2D eigenvalue weighted by Crippen LogP contribution is -2.12. The van der Waals surface area contributed by atoms with E-state index in [1.807, 2.05) is 49.4 Å². The number of halogens is 1. The van der Waals surface area contributed by atoms with E-state index in [-0.39, 0.29) is 0 Å².